The highest BCUT2D eigenvalue weighted by Gasteiger charge is 2.16. The number of hydrogen-bond donors (Lipinski definition) is 1. The summed E-state index contributed by atoms with van der Waals surface area (Å²) >= 11 is 1.66. The van der Waals surface area contributed by atoms with E-state index in [1.807, 2.05) is 54.8 Å². The van der Waals surface area contributed by atoms with E-state index in [0.29, 0.717) is 13.0 Å². The van der Waals surface area contributed by atoms with Gasteiger partial charge in [-0.2, -0.15) is 0 Å². The molecule has 124 valence electrons. The molecule has 0 spiro atoms. The molecule has 0 bridgehead atoms. The van der Waals surface area contributed by atoms with E-state index < -0.39 is 5.97 Å². The Morgan fingerprint density at radius 2 is 2.00 bits per heavy atom. The van der Waals surface area contributed by atoms with Crippen LogP contribution in [-0.2, 0) is 11.2 Å². The number of para-hydroxylation sites is 2. The fraction of sp³-hybridized carbons (Fsp3) is 0.211. The van der Waals surface area contributed by atoms with Crippen LogP contribution in [0, 0.1) is 0 Å². The largest absolute Gasteiger partial charge is 0.492 e. The summed E-state index contributed by atoms with van der Waals surface area (Å²) in [7, 11) is 0. The quantitative estimate of drug-likeness (QED) is 0.682. The lowest BCUT2D eigenvalue weighted by molar-refractivity contribution is -0.136. The lowest BCUT2D eigenvalue weighted by Gasteiger charge is -2.16. The topological polar surface area (TPSA) is 51.5 Å². The van der Waals surface area contributed by atoms with Gasteiger partial charge in [-0.25, -0.2) is 0 Å². The summed E-state index contributed by atoms with van der Waals surface area (Å²) in [6.07, 6.45) is 0.575. The van der Waals surface area contributed by atoms with Gasteiger partial charge in [-0.05, 0) is 49.1 Å². The highest BCUT2D eigenvalue weighted by atomic mass is 32.1. The maximum atomic E-state index is 11.0. The van der Waals surface area contributed by atoms with Crippen molar-refractivity contribution in [3.63, 3.8) is 0 Å². The summed E-state index contributed by atoms with van der Waals surface area (Å²) in [5.41, 5.74) is 2.96. The minimum Gasteiger partial charge on any atom is -0.492 e. The fourth-order valence-corrected chi connectivity index (χ4v) is 3.47. The van der Waals surface area contributed by atoms with Crippen LogP contribution in [-0.4, -0.2) is 22.2 Å². The molecule has 0 fully saturated rings. The van der Waals surface area contributed by atoms with Gasteiger partial charge in [0.05, 0.1) is 29.3 Å². The minimum atomic E-state index is -0.793. The van der Waals surface area contributed by atoms with E-state index in [-0.39, 0.29) is 6.42 Å². The zero-order valence-electron chi connectivity index (χ0n) is 13.4. The van der Waals surface area contributed by atoms with Crippen molar-refractivity contribution in [2.45, 2.75) is 19.8 Å². The van der Waals surface area contributed by atoms with E-state index in [0.717, 1.165) is 27.7 Å². The van der Waals surface area contributed by atoms with E-state index in [4.69, 9.17) is 9.84 Å². The van der Waals surface area contributed by atoms with Crippen molar-refractivity contribution < 1.29 is 14.6 Å². The lowest BCUT2D eigenvalue weighted by Crippen LogP contribution is -2.07. The van der Waals surface area contributed by atoms with E-state index >= 15 is 0 Å². The Hall–Kier alpha value is -2.53. The first-order valence-electron chi connectivity index (χ1n) is 7.89. The average Bonchev–Trinajstić information content (AvgIpc) is 3.23. The number of ether oxygens (including phenoxy) is 1. The van der Waals surface area contributed by atoms with Crippen molar-refractivity contribution in [1.82, 2.24) is 4.57 Å². The maximum Gasteiger partial charge on any atom is 0.303 e. The number of benzene rings is 1. The molecular weight excluding hydrogens is 322 g/mol. The van der Waals surface area contributed by atoms with Crippen LogP contribution in [0.3, 0.4) is 0 Å². The molecule has 4 nitrogen and oxygen atoms in total. The monoisotopic (exact) mass is 341 g/mol. The normalized spacial score (nSPS) is 10.7. The van der Waals surface area contributed by atoms with Gasteiger partial charge in [-0.3, -0.25) is 4.79 Å². The Labute approximate surface area is 144 Å². The summed E-state index contributed by atoms with van der Waals surface area (Å²) in [6.45, 7) is 2.54. The van der Waals surface area contributed by atoms with Gasteiger partial charge < -0.3 is 14.4 Å². The molecule has 2 aromatic heterocycles. The maximum absolute atomic E-state index is 11.0. The van der Waals surface area contributed by atoms with Crippen LogP contribution in [0.4, 0.5) is 0 Å². The number of aliphatic carboxylic acids is 1. The molecule has 0 aliphatic rings. The molecule has 0 unspecified atom stereocenters. The fourth-order valence-electron chi connectivity index (χ4n) is 2.73. The average molecular weight is 341 g/mol. The second kappa shape index (κ2) is 7.36. The molecule has 3 rings (SSSR count). The van der Waals surface area contributed by atoms with Crippen LogP contribution >= 0.6 is 11.3 Å². The van der Waals surface area contributed by atoms with Gasteiger partial charge in [0.15, 0.2) is 0 Å². The number of carboxylic acids is 1. The second-order valence-electron chi connectivity index (χ2n) is 5.32. The molecule has 0 saturated carbocycles. The third-order valence-corrected chi connectivity index (χ3v) is 4.63. The lowest BCUT2D eigenvalue weighted by atomic mass is 10.2. The summed E-state index contributed by atoms with van der Waals surface area (Å²) in [5.74, 6) is 0.00379. The molecule has 1 N–H and O–H groups in total. The molecule has 3 aromatic rings. The van der Waals surface area contributed by atoms with E-state index in [1.165, 1.54) is 0 Å². The van der Waals surface area contributed by atoms with E-state index in [9.17, 15) is 4.79 Å². The molecule has 5 heteroatoms. The van der Waals surface area contributed by atoms with Crippen LogP contribution in [0.1, 0.15) is 19.0 Å². The van der Waals surface area contributed by atoms with Crippen molar-refractivity contribution in [2.75, 3.05) is 6.61 Å². The second-order valence-corrected chi connectivity index (χ2v) is 6.26. The molecule has 0 atom stereocenters. The summed E-state index contributed by atoms with van der Waals surface area (Å²) in [6, 6.07) is 16.0. The Balaban J connectivity index is 2.13. The molecule has 0 aliphatic heterocycles. The number of rotatable bonds is 7. The van der Waals surface area contributed by atoms with Gasteiger partial charge in [0.2, 0.25) is 0 Å². The predicted molar refractivity (Wildman–Crippen MR) is 96.2 cm³/mol. The Bertz CT molecular complexity index is 821. The number of carbonyl (C=O) groups is 1. The Morgan fingerprint density at radius 3 is 2.71 bits per heavy atom. The number of thiophene rings is 1. The highest BCUT2D eigenvalue weighted by molar-refractivity contribution is 7.13. The van der Waals surface area contributed by atoms with Crippen molar-refractivity contribution >= 4 is 17.3 Å². The summed E-state index contributed by atoms with van der Waals surface area (Å²) < 4.78 is 7.89. The standard InChI is InChI=1S/C19H19NO3S/c1-2-23-17-7-4-3-6-15(17)20-14(10-12-19(21)22)9-11-16(20)18-8-5-13-24-18/h3-9,11,13H,2,10,12H2,1H3,(H,21,22). The minimum absolute atomic E-state index is 0.102. The zero-order valence-corrected chi connectivity index (χ0v) is 14.3. The van der Waals surface area contributed by atoms with Gasteiger partial charge in [0.1, 0.15) is 5.75 Å². The van der Waals surface area contributed by atoms with Crippen LogP contribution < -0.4 is 4.74 Å². The number of nitrogens with zero attached hydrogens (tertiary/aromatic N) is 1. The van der Waals surface area contributed by atoms with Crippen LogP contribution in [0.15, 0.2) is 53.9 Å². The highest BCUT2D eigenvalue weighted by Crippen LogP contribution is 2.34. The van der Waals surface area contributed by atoms with E-state index in [2.05, 4.69) is 10.6 Å². The number of hydrogen-bond acceptors (Lipinski definition) is 3. The molecule has 0 saturated heterocycles. The van der Waals surface area contributed by atoms with Gasteiger partial charge in [-0.15, -0.1) is 11.3 Å². The van der Waals surface area contributed by atoms with Crippen molar-refractivity contribution in [3.05, 3.63) is 59.6 Å². The first kappa shape index (κ1) is 16.3. The third-order valence-electron chi connectivity index (χ3n) is 3.74. The molecule has 24 heavy (non-hydrogen) atoms. The first-order chi connectivity index (χ1) is 11.7. The summed E-state index contributed by atoms with van der Waals surface area (Å²) in [4.78, 5) is 12.1. The number of carboxylic acid groups (broad SMARTS) is 1. The molecule has 2 heterocycles. The van der Waals surface area contributed by atoms with Gasteiger partial charge in [0.25, 0.3) is 0 Å². The number of aryl methyl sites for hydroxylation is 1. The molecular formula is C19H19NO3S. The first-order valence-corrected chi connectivity index (χ1v) is 8.77. The van der Waals surface area contributed by atoms with Gasteiger partial charge in [-0.1, -0.05) is 18.2 Å². The van der Waals surface area contributed by atoms with Gasteiger partial charge in [0, 0.05) is 5.69 Å². The SMILES string of the molecule is CCOc1ccccc1-n1c(CCC(=O)O)ccc1-c1cccs1. The zero-order chi connectivity index (χ0) is 16.9. The third kappa shape index (κ3) is 3.36. The van der Waals surface area contributed by atoms with Crippen LogP contribution in [0.5, 0.6) is 5.75 Å². The Morgan fingerprint density at radius 1 is 1.17 bits per heavy atom. The van der Waals surface area contributed by atoms with Crippen molar-refractivity contribution in [2.24, 2.45) is 0 Å². The summed E-state index contributed by atoms with van der Waals surface area (Å²) in [5, 5.41) is 11.1. The van der Waals surface area contributed by atoms with Crippen LogP contribution in [0.25, 0.3) is 16.3 Å². The number of aromatic nitrogens is 1. The van der Waals surface area contributed by atoms with Crippen molar-refractivity contribution in [1.29, 1.82) is 0 Å². The van der Waals surface area contributed by atoms with Crippen molar-refractivity contribution in [3.8, 4) is 22.0 Å². The predicted octanol–water partition coefficient (Wildman–Crippen LogP) is 4.62. The van der Waals surface area contributed by atoms with Gasteiger partial charge >= 0.3 is 5.97 Å². The molecule has 0 aliphatic carbocycles. The Kier molecular flexibility index (Phi) is 5.01. The van der Waals surface area contributed by atoms with Crippen LogP contribution in [0.2, 0.25) is 0 Å². The molecule has 0 amide bonds. The van der Waals surface area contributed by atoms with E-state index in [1.54, 1.807) is 11.3 Å². The molecule has 1 aromatic carbocycles. The smallest absolute Gasteiger partial charge is 0.303 e. The molecule has 0 radical (unpaired) electrons.